The molecule has 3 rings (SSSR count). The second-order valence-corrected chi connectivity index (χ2v) is 6.24. The fraction of sp³-hybridized carbons (Fsp3) is 0.263. The molecule has 0 saturated carbocycles. The number of carbonyl (C=O) groups excluding carboxylic acids is 1. The molecule has 0 radical (unpaired) electrons. The maximum atomic E-state index is 11.1. The first-order valence-corrected chi connectivity index (χ1v) is 8.33. The van der Waals surface area contributed by atoms with Gasteiger partial charge in [0.1, 0.15) is 22.6 Å². The number of fused-ring (bicyclic) bond motifs is 1. The molecular weight excluding hydrogens is 342 g/mol. The van der Waals surface area contributed by atoms with E-state index in [2.05, 4.69) is 5.16 Å². The van der Waals surface area contributed by atoms with Crippen LogP contribution in [0.25, 0.3) is 22.2 Å². The number of aliphatic carboxylic acids is 1. The first kappa shape index (κ1) is 17.3. The molecule has 2 aromatic carbocycles. The van der Waals surface area contributed by atoms with Crippen molar-refractivity contribution in [2.45, 2.75) is 33.3 Å². The summed E-state index contributed by atoms with van der Waals surface area (Å²) in [6.07, 6.45) is -0.808. The van der Waals surface area contributed by atoms with Gasteiger partial charge in [-0.3, -0.25) is 0 Å². The van der Waals surface area contributed by atoms with Gasteiger partial charge >= 0.3 is 0 Å². The van der Waals surface area contributed by atoms with E-state index in [0.29, 0.717) is 11.3 Å². The number of carboxylic acids is 1. The minimum absolute atomic E-state index is 0.196. The van der Waals surface area contributed by atoms with Crippen molar-refractivity contribution < 1.29 is 19.2 Å². The molecule has 1 heterocycles. The Bertz CT molecular complexity index is 948. The lowest BCUT2D eigenvalue weighted by molar-refractivity contribution is -0.313. The van der Waals surface area contributed by atoms with E-state index in [1.807, 2.05) is 32.0 Å². The standard InChI is InChI=1S/C19H18ClNO4/c1-4-14(19(22)23)24-15-9-8-13-17(21-25-18(13)16(15)20)12-7-5-6-10(2)11(12)3/h5-9,14H,4H2,1-3H3,(H,22,23)/p-1. The van der Waals surface area contributed by atoms with Gasteiger partial charge in [0.2, 0.25) is 0 Å². The normalized spacial score (nSPS) is 12.3. The molecule has 0 aliphatic heterocycles. The van der Waals surface area contributed by atoms with Crippen LogP contribution in [0.5, 0.6) is 5.75 Å². The van der Waals surface area contributed by atoms with Crippen molar-refractivity contribution in [2.75, 3.05) is 0 Å². The number of hydrogen-bond acceptors (Lipinski definition) is 5. The number of halogens is 1. The first-order valence-electron chi connectivity index (χ1n) is 7.96. The van der Waals surface area contributed by atoms with Gasteiger partial charge in [-0.2, -0.15) is 0 Å². The molecule has 1 atom stereocenters. The molecule has 0 aliphatic carbocycles. The van der Waals surface area contributed by atoms with Crippen molar-refractivity contribution in [1.29, 1.82) is 0 Å². The molecule has 0 N–H and O–H groups in total. The maximum absolute atomic E-state index is 11.1. The molecule has 0 spiro atoms. The van der Waals surface area contributed by atoms with Gasteiger partial charge in [-0.1, -0.05) is 41.9 Å². The molecule has 25 heavy (non-hydrogen) atoms. The van der Waals surface area contributed by atoms with Crippen LogP contribution in [0, 0.1) is 13.8 Å². The highest BCUT2D eigenvalue weighted by atomic mass is 35.5. The Morgan fingerprint density at radius 1 is 1.32 bits per heavy atom. The van der Waals surface area contributed by atoms with Crippen LogP contribution in [0.3, 0.4) is 0 Å². The molecule has 3 aromatic rings. The predicted octanol–water partition coefficient (Wildman–Crippen LogP) is 3.67. The number of benzene rings is 2. The SMILES string of the molecule is CCC(Oc1ccc2c(-c3cccc(C)c3C)noc2c1Cl)C(=O)[O-]. The lowest BCUT2D eigenvalue weighted by Gasteiger charge is -2.18. The molecule has 6 heteroatoms. The van der Waals surface area contributed by atoms with E-state index < -0.39 is 12.1 Å². The van der Waals surface area contributed by atoms with E-state index >= 15 is 0 Å². The molecule has 0 amide bonds. The minimum Gasteiger partial charge on any atom is -0.546 e. The summed E-state index contributed by atoms with van der Waals surface area (Å²) in [5, 5.41) is 16.2. The van der Waals surface area contributed by atoms with Gasteiger partial charge in [0.15, 0.2) is 5.58 Å². The largest absolute Gasteiger partial charge is 0.546 e. The molecule has 0 fully saturated rings. The van der Waals surface area contributed by atoms with E-state index in [0.717, 1.165) is 22.1 Å². The lowest BCUT2D eigenvalue weighted by atomic mass is 9.99. The van der Waals surface area contributed by atoms with E-state index in [4.69, 9.17) is 20.9 Å². The maximum Gasteiger partial charge on any atom is 0.189 e. The van der Waals surface area contributed by atoms with Crippen molar-refractivity contribution in [3.05, 3.63) is 46.5 Å². The molecule has 0 saturated heterocycles. The van der Waals surface area contributed by atoms with Gasteiger partial charge < -0.3 is 19.2 Å². The number of carbonyl (C=O) groups is 1. The van der Waals surface area contributed by atoms with Crippen molar-refractivity contribution in [1.82, 2.24) is 5.16 Å². The number of hydrogen-bond donors (Lipinski definition) is 0. The number of rotatable bonds is 5. The van der Waals surface area contributed by atoms with Crippen molar-refractivity contribution in [2.24, 2.45) is 0 Å². The van der Waals surface area contributed by atoms with Crippen molar-refractivity contribution in [3.8, 4) is 17.0 Å². The van der Waals surface area contributed by atoms with Crippen LogP contribution in [0.15, 0.2) is 34.9 Å². The zero-order chi connectivity index (χ0) is 18.1. The highest BCUT2D eigenvalue weighted by Crippen LogP contribution is 2.39. The average molecular weight is 359 g/mol. The molecule has 0 aliphatic rings. The quantitative estimate of drug-likeness (QED) is 0.695. The monoisotopic (exact) mass is 358 g/mol. The molecule has 1 unspecified atom stereocenters. The highest BCUT2D eigenvalue weighted by Gasteiger charge is 2.20. The van der Waals surface area contributed by atoms with Crippen LogP contribution in [0.1, 0.15) is 24.5 Å². The van der Waals surface area contributed by atoms with Crippen molar-refractivity contribution in [3.63, 3.8) is 0 Å². The highest BCUT2D eigenvalue weighted by molar-refractivity contribution is 6.36. The zero-order valence-corrected chi connectivity index (χ0v) is 14.9. The van der Waals surface area contributed by atoms with Gasteiger partial charge in [0, 0.05) is 5.56 Å². The summed E-state index contributed by atoms with van der Waals surface area (Å²) < 4.78 is 10.9. The fourth-order valence-corrected chi connectivity index (χ4v) is 2.94. The zero-order valence-electron chi connectivity index (χ0n) is 14.1. The molecular formula is C19H17ClNO4-. The van der Waals surface area contributed by atoms with Crippen LogP contribution < -0.4 is 9.84 Å². The lowest BCUT2D eigenvalue weighted by Crippen LogP contribution is -2.39. The van der Waals surface area contributed by atoms with Crippen LogP contribution in [-0.2, 0) is 4.79 Å². The number of ether oxygens (including phenoxy) is 1. The smallest absolute Gasteiger partial charge is 0.189 e. The first-order chi connectivity index (χ1) is 11.9. The summed E-state index contributed by atoms with van der Waals surface area (Å²) in [6, 6.07) is 9.36. The third kappa shape index (κ3) is 3.07. The van der Waals surface area contributed by atoms with E-state index in [1.54, 1.807) is 19.1 Å². The summed E-state index contributed by atoms with van der Waals surface area (Å²) in [7, 11) is 0. The fourth-order valence-electron chi connectivity index (χ4n) is 2.70. The Balaban J connectivity index is 2.08. The molecule has 1 aromatic heterocycles. The Hall–Kier alpha value is -2.53. The van der Waals surface area contributed by atoms with Gasteiger partial charge in [0.05, 0.1) is 11.4 Å². The van der Waals surface area contributed by atoms with Gasteiger partial charge in [0.25, 0.3) is 0 Å². The Labute approximate surface area is 150 Å². The predicted molar refractivity (Wildman–Crippen MR) is 93.6 cm³/mol. The van der Waals surface area contributed by atoms with Gasteiger partial charge in [-0.15, -0.1) is 0 Å². The van der Waals surface area contributed by atoms with Crippen LogP contribution >= 0.6 is 11.6 Å². The van der Waals surface area contributed by atoms with Crippen LogP contribution in [0.4, 0.5) is 0 Å². The summed E-state index contributed by atoms with van der Waals surface area (Å²) in [4.78, 5) is 11.1. The van der Waals surface area contributed by atoms with E-state index in [-0.39, 0.29) is 17.2 Å². The third-order valence-electron chi connectivity index (χ3n) is 4.31. The summed E-state index contributed by atoms with van der Waals surface area (Å²) >= 11 is 6.35. The summed E-state index contributed by atoms with van der Waals surface area (Å²) in [5.74, 6) is -1.05. The third-order valence-corrected chi connectivity index (χ3v) is 4.67. The van der Waals surface area contributed by atoms with Gasteiger partial charge in [-0.25, -0.2) is 0 Å². The topological polar surface area (TPSA) is 75.4 Å². The van der Waals surface area contributed by atoms with E-state index in [9.17, 15) is 9.90 Å². The number of nitrogens with zero attached hydrogens (tertiary/aromatic N) is 1. The van der Waals surface area contributed by atoms with Crippen LogP contribution in [-0.4, -0.2) is 17.2 Å². The number of carboxylic acid groups (broad SMARTS) is 1. The summed E-state index contributed by atoms with van der Waals surface area (Å²) in [6.45, 7) is 5.75. The average Bonchev–Trinajstić information content (AvgIpc) is 3.01. The summed E-state index contributed by atoms with van der Waals surface area (Å²) in [5.41, 5.74) is 4.28. The molecule has 0 bridgehead atoms. The second kappa shape index (κ2) is 6.76. The molecule has 5 nitrogen and oxygen atoms in total. The Morgan fingerprint density at radius 3 is 2.76 bits per heavy atom. The van der Waals surface area contributed by atoms with Crippen molar-refractivity contribution >= 4 is 28.5 Å². The number of aryl methyl sites for hydroxylation is 1. The number of aromatic nitrogens is 1. The second-order valence-electron chi connectivity index (χ2n) is 5.87. The van der Waals surface area contributed by atoms with E-state index in [1.165, 1.54) is 0 Å². The molecule has 130 valence electrons. The van der Waals surface area contributed by atoms with Gasteiger partial charge in [-0.05, 0) is 43.5 Å². The Kier molecular flexibility index (Phi) is 4.68. The minimum atomic E-state index is -1.28. The Morgan fingerprint density at radius 2 is 2.08 bits per heavy atom. The van der Waals surface area contributed by atoms with Crippen LogP contribution in [0.2, 0.25) is 5.02 Å².